The molecule has 1 saturated heterocycles. The number of piperidine rings is 1. The minimum absolute atomic E-state index is 0.687. The highest BCUT2D eigenvalue weighted by Crippen LogP contribution is 2.38. The van der Waals surface area contributed by atoms with Gasteiger partial charge >= 0.3 is 0 Å². The van der Waals surface area contributed by atoms with Gasteiger partial charge in [-0.3, -0.25) is 0 Å². The Morgan fingerprint density at radius 2 is 1.74 bits per heavy atom. The van der Waals surface area contributed by atoms with Crippen LogP contribution in [-0.4, -0.2) is 27.3 Å². The first-order chi connectivity index (χ1) is 9.19. The van der Waals surface area contributed by atoms with Gasteiger partial charge in [-0.1, -0.05) is 13.3 Å². The van der Waals surface area contributed by atoms with Crippen LogP contribution in [0.3, 0.4) is 0 Å². The summed E-state index contributed by atoms with van der Waals surface area (Å²) in [5.74, 6) is 2.29. The normalized spacial score (nSPS) is 16.5. The molecule has 1 aromatic carbocycles. The standard InChI is InChI=1S/C15H24N2O2/c1-4-11-5-7-17(8-6-11)13-10-15(19-3)14(18-2)9-12(13)16/h9-11H,4-8,16H2,1-3H3. The number of benzene rings is 1. The number of hydrogen-bond donors (Lipinski definition) is 1. The minimum Gasteiger partial charge on any atom is -0.493 e. The molecule has 1 heterocycles. The Kier molecular flexibility index (Phi) is 4.40. The van der Waals surface area contributed by atoms with Gasteiger partial charge in [0.1, 0.15) is 0 Å². The second kappa shape index (κ2) is 6.04. The van der Waals surface area contributed by atoms with Crippen LogP contribution in [0, 0.1) is 5.92 Å². The lowest BCUT2D eigenvalue weighted by molar-refractivity contribution is 0.354. The third-order valence-electron chi connectivity index (χ3n) is 4.07. The van der Waals surface area contributed by atoms with Crippen molar-refractivity contribution in [2.24, 2.45) is 5.92 Å². The quantitative estimate of drug-likeness (QED) is 0.849. The molecule has 0 amide bonds. The highest BCUT2D eigenvalue weighted by molar-refractivity contribution is 5.73. The average Bonchev–Trinajstić information content (AvgIpc) is 2.47. The fourth-order valence-corrected chi connectivity index (χ4v) is 2.74. The number of rotatable bonds is 4. The molecular weight excluding hydrogens is 240 g/mol. The van der Waals surface area contributed by atoms with E-state index < -0.39 is 0 Å². The Morgan fingerprint density at radius 1 is 1.16 bits per heavy atom. The van der Waals surface area contributed by atoms with Crippen LogP contribution in [0.25, 0.3) is 0 Å². The summed E-state index contributed by atoms with van der Waals surface area (Å²) in [5.41, 5.74) is 7.96. The second-order valence-corrected chi connectivity index (χ2v) is 5.10. The van der Waals surface area contributed by atoms with Gasteiger partial charge in [-0.2, -0.15) is 0 Å². The van der Waals surface area contributed by atoms with E-state index in [2.05, 4.69) is 11.8 Å². The predicted molar refractivity (Wildman–Crippen MR) is 79.2 cm³/mol. The third-order valence-corrected chi connectivity index (χ3v) is 4.07. The van der Waals surface area contributed by atoms with Crippen molar-refractivity contribution in [2.45, 2.75) is 26.2 Å². The molecule has 1 aliphatic heterocycles. The van der Waals surface area contributed by atoms with Crippen LogP contribution in [0.2, 0.25) is 0 Å². The number of anilines is 2. The number of ether oxygens (including phenoxy) is 2. The molecule has 0 bridgehead atoms. The molecular formula is C15H24N2O2. The van der Waals surface area contributed by atoms with E-state index in [9.17, 15) is 0 Å². The van der Waals surface area contributed by atoms with Gasteiger partial charge in [-0.05, 0) is 18.8 Å². The van der Waals surface area contributed by atoms with Crippen LogP contribution in [0.1, 0.15) is 26.2 Å². The Labute approximate surface area is 115 Å². The minimum atomic E-state index is 0.687. The summed E-state index contributed by atoms with van der Waals surface area (Å²) < 4.78 is 10.6. The molecule has 0 radical (unpaired) electrons. The fraction of sp³-hybridized carbons (Fsp3) is 0.600. The Balaban J connectivity index is 2.20. The topological polar surface area (TPSA) is 47.7 Å². The van der Waals surface area contributed by atoms with E-state index in [1.54, 1.807) is 14.2 Å². The van der Waals surface area contributed by atoms with Crippen molar-refractivity contribution >= 4 is 11.4 Å². The van der Waals surface area contributed by atoms with Crippen LogP contribution < -0.4 is 20.1 Å². The van der Waals surface area contributed by atoms with Crippen molar-refractivity contribution in [3.8, 4) is 11.5 Å². The van der Waals surface area contributed by atoms with E-state index in [-0.39, 0.29) is 0 Å². The van der Waals surface area contributed by atoms with Crippen molar-refractivity contribution in [1.82, 2.24) is 0 Å². The molecule has 1 aromatic rings. The molecule has 0 saturated carbocycles. The predicted octanol–water partition coefficient (Wildman–Crippen LogP) is 2.91. The van der Waals surface area contributed by atoms with Gasteiger partial charge in [0.2, 0.25) is 0 Å². The molecule has 2 N–H and O–H groups in total. The average molecular weight is 264 g/mol. The van der Waals surface area contributed by atoms with Crippen molar-refractivity contribution < 1.29 is 9.47 Å². The van der Waals surface area contributed by atoms with E-state index in [0.29, 0.717) is 5.75 Å². The lowest BCUT2D eigenvalue weighted by Crippen LogP contribution is -2.33. The summed E-state index contributed by atoms with van der Waals surface area (Å²) in [6.07, 6.45) is 3.75. The molecule has 0 unspecified atom stereocenters. The number of hydrogen-bond acceptors (Lipinski definition) is 4. The second-order valence-electron chi connectivity index (χ2n) is 5.10. The zero-order valence-corrected chi connectivity index (χ0v) is 12.1. The smallest absolute Gasteiger partial charge is 0.162 e. The van der Waals surface area contributed by atoms with E-state index >= 15 is 0 Å². The largest absolute Gasteiger partial charge is 0.493 e. The van der Waals surface area contributed by atoms with Gasteiger partial charge in [0.25, 0.3) is 0 Å². The Bertz CT molecular complexity index is 426. The maximum Gasteiger partial charge on any atom is 0.162 e. The summed E-state index contributed by atoms with van der Waals surface area (Å²) in [6.45, 7) is 4.40. The third kappa shape index (κ3) is 2.88. The van der Waals surface area contributed by atoms with Gasteiger partial charge in [0.15, 0.2) is 11.5 Å². The monoisotopic (exact) mass is 264 g/mol. The van der Waals surface area contributed by atoms with E-state index in [4.69, 9.17) is 15.2 Å². The highest BCUT2D eigenvalue weighted by Gasteiger charge is 2.21. The first-order valence-corrected chi connectivity index (χ1v) is 6.96. The van der Waals surface area contributed by atoms with Crippen molar-refractivity contribution in [2.75, 3.05) is 37.9 Å². The first kappa shape index (κ1) is 13.8. The van der Waals surface area contributed by atoms with Crippen LogP contribution in [0.4, 0.5) is 11.4 Å². The number of nitrogens with zero attached hydrogens (tertiary/aromatic N) is 1. The summed E-state index contributed by atoms with van der Waals surface area (Å²) in [7, 11) is 3.28. The van der Waals surface area contributed by atoms with E-state index in [1.807, 2.05) is 12.1 Å². The molecule has 1 fully saturated rings. The molecule has 1 aliphatic rings. The molecule has 19 heavy (non-hydrogen) atoms. The summed E-state index contributed by atoms with van der Waals surface area (Å²) in [5, 5.41) is 0. The molecule has 0 aliphatic carbocycles. The van der Waals surface area contributed by atoms with Gasteiger partial charge in [-0.25, -0.2) is 0 Å². The SMILES string of the molecule is CCC1CCN(c2cc(OC)c(OC)cc2N)CC1. The number of nitrogens with two attached hydrogens (primary N) is 1. The van der Waals surface area contributed by atoms with E-state index in [1.165, 1.54) is 19.3 Å². The molecule has 2 rings (SSSR count). The maximum atomic E-state index is 6.14. The molecule has 4 nitrogen and oxygen atoms in total. The lowest BCUT2D eigenvalue weighted by atomic mass is 9.94. The lowest BCUT2D eigenvalue weighted by Gasteiger charge is -2.34. The van der Waals surface area contributed by atoms with E-state index in [0.717, 1.165) is 36.1 Å². The Morgan fingerprint density at radius 3 is 2.26 bits per heavy atom. The fourth-order valence-electron chi connectivity index (χ4n) is 2.74. The number of nitrogen functional groups attached to an aromatic ring is 1. The maximum absolute atomic E-state index is 6.14. The Hall–Kier alpha value is -1.58. The van der Waals surface area contributed by atoms with Crippen molar-refractivity contribution in [3.63, 3.8) is 0 Å². The molecule has 0 atom stereocenters. The highest BCUT2D eigenvalue weighted by atomic mass is 16.5. The zero-order chi connectivity index (χ0) is 13.8. The van der Waals surface area contributed by atoms with Gasteiger partial charge in [0, 0.05) is 25.2 Å². The zero-order valence-electron chi connectivity index (χ0n) is 12.1. The van der Waals surface area contributed by atoms with Crippen LogP contribution >= 0.6 is 0 Å². The van der Waals surface area contributed by atoms with Crippen molar-refractivity contribution in [3.05, 3.63) is 12.1 Å². The molecule has 0 spiro atoms. The first-order valence-electron chi connectivity index (χ1n) is 6.96. The number of methoxy groups -OCH3 is 2. The van der Waals surface area contributed by atoms with Gasteiger partial charge in [0.05, 0.1) is 25.6 Å². The summed E-state index contributed by atoms with van der Waals surface area (Å²) in [6, 6.07) is 3.83. The van der Waals surface area contributed by atoms with Crippen LogP contribution in [0.15, 0.2) is 12.1 Å². The summed E-state index contributed by atoms with van der Waals surface area (Å²) >= 11 is 0. The van der Waals surface area contributed by atoms with Gasteiger partial charge in [-0.15, -0.1) is 0 Å². The molecule has 106 valence electrons. The molecule has 0 aromatic heterocycles. The van der Waals surface area contributed by atoms with Gasteiger partial charge < -0.3 is 20.1 Å². The van der Waals surface area contributed by atoms with Crippen LogP contribution in [0.5, 0.6) is 11.5 Å². The summed E-state index contributed by atoms with van der Waals surface area (Å²) in [4.78, 5) is 2.35. The van der Waals surface area contributed by atoms with Crippen molar-refractivity contribution in [1.29, 1.82) is 0 Å². The van der Waals surface area contributed by atoms with Crippen LogP contribution in [-0.2, 0) is 0 Å². The molecule has 4 heteroatoms.